The van der Waals surface area contributed by atoms with Gasteiger partial charge in [-0.15, -0.1) is 11.8 Å². The summed E-state index contributed by atoms with van der Waals surface area (Å²) in [5.41, 5.74) is 1.86. The van der Waals surface area contributed by atoms with Crippen molar-refractivity contribution in [2.75, 3.05) is 0 Å². The van der Waals surface area contributed by atoms with Crippen LogP contribution in [0.1, 0.15) is 36.2 Å². The van der Waals surface area contributed by atoms with Crippen molar-refractivity contribution in [3.05, 3.63) is 65.5 Å². The molecule has 3 heteroatoms. The number of carbonyl (C=O) groups is 1. The van der Waals surface area contributed by atoms with E-state index in [0.717, 1.165) is 21.8 Å². The van der Waals surface area contributed by atoms with Gasteiger partial charge in [0.2, 0.25) is 0 Å². The van der Waals surface area contributed by atoms with Crippen LogP contribution in [0.15, 0.2) is 53.4 Å². The molecule has 2 rings (SSSR count). The molecule has 0 atom stereocenters. The number of thioether (sulfide) groups is 1. The van der Waals surface area contributed by atoms with Gasteiger partial charge in [0.15, 0.2) is 5.78 Å². The topological polar surface area (TPSA) is 17.1 Å². The molecule has 0 aliphatic carbocycles. The molecule has 110 valence electrons. The molecule has 2 aromatic carbocycles. The summed E-state index contributed by atoms with van der Waals surface area (Å²) in [5.74, 6) is 1.15. The maximum atomic E-state index is 12.8. The molecule has 0 aromatic heterocycles. The molecule has 0 N–H and O–H groups in total. The van der Waals surface area contributed by atoms with Crippen molar-refractivity contribution in [2.24, 2.45) is 5.92 Å². The number of ketones is 1. The summed E-state index contributed by atoms with van der Waals surface area (Å²) < 4.78 is 12.8. The Morgan fingerprint density at radius 3 is 2.24 bits per heavy atom. The van der Waals surface area contributed by atoms with E-state index in [0.29, 0.717) is 12.3 Å². The predicted molar refractivity (Wildman–Crippen MR) is 86.2 cm³/mol. The Morgan fingerprint density at radius 1 is 1.05 bits per heavy atom. The third-order valence-electron chi connectivity index (χ3n) is 3.09. The summed E-state index contributed by atoms with van der Waals surface area (Å²) in [6.07, 6.45) is 0.585. The van der Waals surface area contributed by atoms with Crippen molar-refractivity contribution in [3.8, 4) is 0 Å². The molecule has 0 unspecified atom stereocenters. The number of benzene rings is 2. The van der Waals surface area contributed by atoms with E-state index in [4.69, 9.17) is 0 Å². The Hall–Kier alpha value is -1.61. The molecule has 0 saturated carbocycles. The minimum absolute atomic E-state index is 0.195. The lowest BCUT2D eigenvalue weighted by atomic mass is 10.0. The first-order valence-electron chi connectivity index (χ1n) is 7.05. The van der Waals surface area contributed by atoms with Crippen LogP contribution < -0.4 is 0 Å². The van der Waals surface area contributed by atoms with Gasteiger partial charge in [0.1, 0.15) is 5.82 Å². The quantitative estimate of drug-likeness (QED) is 0.529. The summed E-state index contributed by atoms with van der Waals surface area (Å²) in [4.78, 5) is 13.0. The highest BCUT2D eigenvalue weighted by atomic mass is 32.2. The minimum atomic E-state index is -0.211. The van der Waals surface area contributed by atoms with Gasteiger partial charge in [0, 0.05) is 22.6 Å². The zero-order chi connectivity index (χ0) is 15.2. The van der Waals surface area contributed by atoms with E-state index in [9.17, 15) is 9.18 Å². The van der Waals surface area contributed by atoms with Crippen LogP contribution in [0.4, 0.5) is 4.39 Å². The van der Waals surface area contributed by atoms with Crippen molar-refractivity contribution >= 4 is 17.5 Å². The van der Waals surface area contributed by atoms with Crippen molar-refractivity contribution in [3.63, 3.8) is 0 Å². The largest absolute Gasteiger partial charge is 0.294 e. The van der Waals surface area contributed by atoms with Crippen LogP contribution in [0.5, 0.6) is 0 Å². The predicted octanol–water partition coefficient (Wildman–Crippen LogP) is 5.35. The molecule has 0 heterocycles. The summed E-state index contributed by atoms with van der Waals surface area (Å²) in [6.45, 7) is 4.09. The summed E-state index contributed by atoms with van der Waals surface area (Å²) in [6, 6.07) is 14.3. The number of hydrogen-bond acceptors (Lipinski definition) is 2. The standard InChI is InChI=1S/C18H19FOS/c1-13(2)11-18(20)15-5-9-17(10-6-15)21-12-14-3-7-16(19)8-4-14/h3-10,13H,11-12H2,1-2H3. The van der Waals surface area contributed by atoms with E-state index >= 15 is 0 Å². The van der Waals surface area contributed by atoms with Crippen molar-refractivity contribution in [1.82, 2.24) is 0 Å². The molecule has 0 radical (unpaired) electrons. The first-order valence-corrected chi connectivity index (χ1v) is 8.03. The SMILES string of the molecule is CC(C)CC(=O)c1ccc(SCc2ccc(F)cc2)cc1. The average Bonchev–Trinajstić information content (AvgIpc) is 2.46. The summed E-state index contributed by atoms with van der Waals surface area (Å²) >= 11 is 1.68. The molecule has 1 nitrogen and oxygen atoms in total. The second-order valence-electron chi connectivity index (χ2n) is 5.46. The molecule has 21 heavy (non-hydrogen) atoms. The van der Waals surface area contributed by atoms with Gasteiger partial charge in [-0.2, -0.15) is 0 Å². The van der Waals surface area contributed by atoms with Gasteiger partial charge >= 0.3 is 0 Å². The fourth-order valence-corrected chi connectivity index (χ4v) is 2.83. The fourth-order valence-electron chi connectivity index (χ4n) is 1.97. The lowest BCUT2D eigenvalue weighted by Crippen LogP contribution is -2.03. The number of hydrogen-bond donors (Lipinski definition) is 0. The maximum absolute atomic E-state index is 12.8. The third-order valence-corrected chi connectivity index (χ3v) is 4.17. The monoisotopic (exact) mass is 302 g/mol. The zero-order valence-electron chi connectivity index (χ0n) is 12.3. The number of Topliss-reactive ketones (excluding diaryl/α,β-unsaturated/α-hetero) is 1. The molecule has 0 amide bonds. The van der Waals surface area contributed by atoms with Crippen LogP contribution in [0.25, 0.3) is 0 Å². The van der Waals surface area contributed by atoms with Crippen LogP contribution >= 0.6 is 11.8 Å². The maximum Gasteiger partial charge on any atom is 0.163 e. The Balaban J connectivity index is 1.93. The van der Waals surface area contributed by atoms with Crippen molar-refractivity contribution in [1.29, 1.82) is 0 Å². The molecule has 0 spiro atoms. The van der Waals surface area contributed by atoms with Crippen molar-refractivity contribution < 1.29 is 9.18 Å². The molecule has 0 aliphatic rings. The molecule has 0 bridgehead atoms. The van der Waals surface area contributed by atoms with E-state index in [1.807, 2.05) is 38.1 Å². The normalized spacial score (nSPS) is 10.9. The van der Waals surface area contributed by atoms with E-state index in [1.165, 1.54) is 12.1 Å². The van der Waals surface area contributed by atoms with E-state index in [1.54, 1.807) is 23.9 Å². The highest BCUT2D eigenvalue weighted by Crippen LogP contribution is 2.23. The van der Waals surface area contributed by atoms with Gasteiger partial charge in [0.25, 0.3) is 0 Å². The summed E-state index contributed by atoms with van der Waals surface area (Å²) in [7, 11) is 0. The van der Waals surface area contributed by atoms with Crippen LogP contribution in [0, 0.1) is 11.7 Å². The van der Waals surface area contributed by atoms with Crippen LogP contribution in [-0.2, 0) is 5.75 Å². The van der Waals surface area contributed by atoms with Crippen LogP contribution in [0.3, 0.4) is 0 Å². The van der Waals surface area contributed by atoms with Crippen molar-refractivity contribution in [2.45, 2.75) is 30.9 Å². The Kier molecular flexibility index (Phi) is 5.57. The smallest absolute Gasteiger partial charge is 0.163 e. The lowest BCUT2D eigenvalue weighted by Gasteiger charge is -2.06. The van der Waals surface area contributed by atoms with Gasteiger partial charge < -0.3 is 0 Å². The van der Waals surface area contributed by atoms with Crippen LogP contribution in [0.2, 0.25) is 0 Å². The van der Waals surface area contributed by atoms with Gasteiger partial charge in [-0.05, 0) is 35.7 Å². The highest BCUT2D eigenvalue weighted by molar-refractivity contribution is 7.98. The average molecular weight is 302 g/mol. The van der Waals surface area contributed by atoms with Gasteiger partial charge in [-0.1, -0.05) is 38.1 Å². The van der Waals surface area contributed by atoms with Crippen LogP contribution in [-0.4, -0.2) is 5.78 Å². The molecule has 0 saturated heterocycles. The molecule has 2 aromatic rings. The third kappa shape index (κ3) is 5.01. The minimum Gasteiger partial charge on any atom is -0.294 e. The van der Waals surface area contributed by atoms with E-state index < -0.39 is 0 Å². The molecule has 0 aliphatic heterocycles. The lowest BCUT2D eigenvalue weighted by molar-refractivity contribution is 0.0968. The second kappa shape index (κ2) is 7.41. The fraction of sp³-hybridized carbons (Fsp3) is 0.278. The first-order chi connectivity index (χ1) is 10.0. The zero-order valence-corrected chi connectivity index (χ0v) is 13.1. The molecular formula is C18H19FOS. The second-order valence-corrected chi connectivity index (χ2v) is 6.51. The number of halogens is 1. The Morgan fingerprint density at radius 2 is 1.67 bits per heavy atom. The van der Waals surface area contributed by atoms with Gasteiger partial charge in [-0.3, -0.25) is 4.79 Å². The van der Waals surface area contributed by atoms with E-state index in [2.05, 4.69) is 0 Å². The molecular weight excluding hydrogens is 283 g/mol. The Bertz CT molecular complexity index is 588. The Labute approximate surface area is 129 Å². The van der Waals surface area contributed by atoms with E-state index in [-0.39, 0.29) is 11.6 Å². The molecule has 0 fully saturated rings. The number of carbonyl (C=O) groups excluding carboxylic acids is 1. The summed E-state index contributed by atoms with van der Waals surface area (Å²) in [5, 5.41) is 0. The van der Waals surface area contributed by atoms with Gasteiger partial charge in [-0.25, -0.2) is 4.39 Å². The number of rotatable bonds is 6. The first kappa shape index (κ1) is 15.8. The van der Waals surface area contributed by atoms with Gasteiger partial charge in [0.05, 0.1) is 0 Å². The highest BCUT2D eigenvalue weighted by Gasteiger charge is 2.08.